The zero-order chi connectivity index (χ0) is 21.3. The second-order valence-corrected chi connectivity index (χ2v) is 7.66. The van der Waals surface area contributed by atoms with Crippen molar-refractivity contribution in [2.24, 2.45) is 0 Å². The minimum Gasteiger partial charge on any atom is -0.451 e. The zero-order valence-corrected chi connectivity index (χ0v) is 18.1. The Morgan fingerprint density at radius 2 is 2.03 bits per heavy atom. The highest BCUT2D eigenvalue weighted by Gasteiger charge is 2.28. The first-order valence-corrected chi connectivity index (χ1v) is 10.2. The number of nitrogens with zero attached hydrogens (tertiary/aromatic N) is 2. The Morgan fingerprint density at radius 3 is 2.69 bits per heavy atom. The molecule has 0 unspecified atom stereocenters. The Balaban J connectivity index is 2.13. The molecule has 29 heavy (non-hydrogen) atoms. The lowest BCUT2D eigenvalue weighted by Gasteiger charge is -2.22. The molecule has 0 aliphatic carbocycles. The van der Waals surface area contributed by atoms with Crippen LogP contribution in [0.4, 0.5) is 11.5 Å². The zero-order valence-electron chi connectivity index (χ0n) is 16.5. The van der Waals surface area contributed by atoms with E-state index in [2.05, 4.69) is 20.9 Å². The van der Waals surface area contributed by atoms with Gasteiger partial charge in [-0.2, -0.15) is 0 Å². The molecular formula is C20H23BrN4O4. The average Bonchev–Trinajstić information content (AvgIpc) is 3.00. The maximum atomic E-state index is 13.3. The number of anilines is 2. The summed E-state index contributed by atoms with van der Waals surface area (Å²) in [7, 11) is 0. The number of carbonyl (C=O) groups is 1. The van der Waals surface area contributed by atoms with E-state index in [1.807, 2.05) is 19.1 Å². The van der Waals surface area contributed by atoms with Gasteiger partial charge in [0.2, 0.25) is 0 Å². The smallest absolute Gasteiger partial charge is 0.330 e. The first kappa shape index (κ1) is 20.9. The Kier molecular flexibility index (Phi) is 5.97. The van der Waals surface area contributed by atoms with Crippen molar-refractivity contribution in [2.75, 3.05) is 17.2 Å². The quantitative estimate of drug-likeness (QED) is 0.582. The highest BCUT2D eigenvalue weighted by molar-refractivity contribution is 9.10. The molecule has 0 spiro atoms. The van der Waals surface area contributed by atoms with Crippen molar-refractivity contribution in [1.82, 2.24) is 9.55 Å². The van der Waals surface area contributed by atoms with E-state index in [1.54, 1.807) is 19.9 Å². The van der Waals surface area contributed by atoms with Crippen LogP contribution in [-0.2, 0) is 6.54 Å². The van der Waals surface area contributed by atoms with Crippen LogP contribution in [0.15, 0.2) is 36.7 Å². The fourth-order valence-electron chi connectivity index (χ4n) is 3.30. The average molecular weight is 463 g/mol. The summed E-state index contributed by atoms with van der Waals surface area (Å²) in [5, 5.41) is 0.800. The number of furan rings is 1. The molecule has 0 saturated carbocycles. The highest BCUT2D eigenvalue weighted by atomic mass is 79.9. The van der Waals surface area contributed by atoms with Gasteiger partial charge in [-0.25, -0.2) is 4.79 Å². The van der Waals surface area contributed by atoms with Gasteiger partial charge in [0.25, 0.3) is 11.5 Å². The van der Waals surface area contributed by atoms with Crippen molar-refractivity contribution in [1.29, 1.82) is 0 Å². The summed E-state index contributed by atoms with van der Waals surface area (Å²) in [5.41, 5.74) is 6.06. The summed E-state index contributed by atoms with van der Waals surface area (Å²) in [5.74, 6) is -0.390. The predicted molar refractivity (Wildman–Crippen MR) is 117 cm³/mol. The number of hydrogen-bond acceptors (Lipinski definition) is 5. The van der Waals surface area contributed by atoms with Gasteiger partial charge in [-0.3, -0.25) is 24.0 Å². The number of H-pyrrole nitrogens is 1. The molecule has 0 bridgehead atoms. The molecule has 0 saturated heterocycles. The third-order valence-electron chi connectivity index (χ3n) is 4.87. The number of hydrogen-bond donors (Lipinski definition) is 2. The van der Waals surface area contributed by atoms with E-state index in [0.29, 0.717) is 24.1 Å². The molecule has 3 rings (SSSR count). The molecule has 0 fully saturated rings. The van der Waals surface area contributed by atoms with Crippen LogP contribution < -0.4 is 21.9 Å². The van der Waals surface area contributed by atoms with Gasteiger partial charge in [0, 0.05) is 28.5 Å². The lowest BCUT2D eigenvalue weighted by atomic mass is 10.1. The van der Waals surface area contributed by atoms with E-state index < -0.39 is 17.2 Å². The van der Waals surface area contributed by atoms with Crippen molar-refractivity contribution >= 4 is 44.3 Å². The van der Waals surface area contributed by atoms with E-state index in [-0.39, 0.29) is 23.8 Å². The lowest BCUT2D eigenvalue weighted by molar-refractivity contribution is 0.0962. The predicted octanol–water partition coefficient (Wildman–Crippen LogP) is 3.40. The number of unbranched alkanes of at least 4 members (excludes halogenated alkanes) is 1. The minimum atomic E-state index is -0.702. The van der Waals surface area contributed by atoms with Gasteiger partial charge in [-0.15, -0.1) is 0 Å². The van der Waals surface area contributed by atoms with E-state index in [4.69, 9.17) is 10.2 Å². The van der Waals surface area contributed by atoms with Gasteiger partial charge in [0.15, 0.2) is 11.4 Å². The SMILES string of the molecule is CCCCn1c(N)c(N(CC)C(=O)c2oc3ccc(Br)cc3c2C)c(=O)[nH]c1=O. The fraction of sp³-hybridized carbons (Fsp3) is 0.350. The van der Waals surface area contributed by atoms with Gasteiger partial charge in [0.05, 0.1) is 0 Å². The molecule has 8 nitrogen and oxygen atoms in total. The van der Waals surface area contributed by atoms with Crippen molar-refractivity contribution < 1.29 is 9.21 Å². The Morgan fingerprint density at radius 1 is 1.31 bits per heavy atom. The van der Waals surface area contributed by atoms with E-state index >= 15 is 0 Å². The first-order valence-electron chi connectivity index (χ1n) is 9.43. The number of nitrogens with one attached hydrogen (secondary N) is 1. The molecule has 0 radical (unpaired) electrons. The Labute approximate surface area is 175 Å². The van der Waals surface area contributed by atoms with Crippen LogP contribution >= 0.6 is 15.9 Å². The number of fused-ring (bicyclic) bond motifs is 1. The maximum Gasteiger partial charge on any atom is 0.330 e. The number of nitrogen functional groups attached to an aromatic ring is 1. The number of aromatic nitrogens is 2. The monoisotopic (exact) mass is 462 g/mol. The Bertz CT molecular complexity index is 1190. The number of rotatable bonds is 6. The van der Waals surface area contributed by atoms with Gasteiger partial charge >= 0.3 is 5.69 Å². The molecule has 9 heteroatoms. The van der Waals surface area contributed by atoms with E-state index in [0.717, 1.165) is 16.3 Å². The summed E-state index contributed by atoms with van der Waals surface area (Å²) in [6.45, 7) is 6.03. The molecule has 0 aliphatic heterocycles. The number of amides is 1. The molecule has 2 heterocycles. The van der Waals surface area contributed by atoms with Crippen molar-refractivity contribution in [2.45, 2.75) is 40.2 Å². The number of aromatic amines is 1. The Hall–Kier alpha value is -2.81. The number of aryl methyl sites for hydroxylation is 1. The molecular weight excluding hydrogens is 440 g/mol. The van der Waals surface area contributed by atoms with E-state index in [1.165, 1.54) is 9.47 Å². The molecule has 0 atom stereocenters. The van der Waals surface area contributed by atoms with Crippen LogP contribution in [0.25, 0.3) is 11.0 Å². The second-order valence-electron chi connectivity index (χ2n) is 6.74. The molecule has 2 aromatic heterocycles. The minimum absolute atomic E-state index is 0.0288. The molecule has 1 amide bonds. The van der Waals surface area contributed by atoms with Gasteiger partial charge in [0.1, 0.15) is 11.4 Å². The van der Waals surface area contributed by atoms with Gasteiger partial charge < -0.3 is 10.2 Å². The summed E-state index contributed by atoms with van der Waals surface area (Å²) < 4.78 is 7.94. The molecule has 3 N–H and O–H groups in total. The molecule has 0 aliphatic rings. The third kappa shape index (κ3) is 3.74. The standard InChI is InChI=1S/C20H23BrN4O4/c1-4-6-9-25-17(22)15(18(26)23-20(25)28)24(5-2)19(27)16-11(3)13-10-12(21)7-8-14(13)29-16/h7-8,10H,4-6,9,22H2,1-3H3,(H,23,26,28). The van der Waals surface area contributed by atoms with Crippen LogP contribution in [0.3, 0.4) is 0 Å². The first-order chi connectivity index (χ1) is 13.8. The van der Waals surface area contributed by atoms with Crippen molar-refractivity contribution in [3.63, 3.8) is 0 Å². The van der Waals surface area contributed by atoms with Crippen LogP contribution in [-0.4, -0.2) is 22.0 Å². The lowest BCUT2D eigenvalue weighted by Crippen LogP contribution is -2.41. The summed E-state index contributed by atoms with van der Waals surface area (Å²) in [4.78, 5) is 41.5. The summed E-state index contributed by atoms with van der Waals surface area (Å²) >= 11 is 3.42. The third-order valence-corrected chi connectivity index (χ3v) is 5.37. The molecule has 3 aromatic rings. The van der Waals surface area contributed by atoms with Crippen LogP contribution in [0.2, 0.25) is 0 Å². The van der Waals surface area contributed by atoms with Crippen LogP contribution in [0.1, 0.15) is 42.8 Å². The number of nitrogens with two attached hydrogens (primary N) is 1. The number of carbonyl (C=O) groups excluding carboxylic acids is 1. The summed E-state index contributed by atoms with van der Waals surface area (Å²) in [6, 6.07) is 5.46. The van der Waals surface area contributed by atoms with Crippen LogP contribution in [0.5, 0.6) is 0 Å². The summed E-state index contributed by atoms with van der Waals surface area (Å²) in [6.07, 6.45) is 1.57. The number of benzene rings is 1. The maximum absolute atomic E-state index is 13.3. The van der Waals surface area contributed by atoms with Crippen molar-refractivity contribution in [3.8, 4) is 0 Å². The van der Waals surface area contributed by atoms with Crippen molar-refractivity contribution in [3.05, 3.63) is 54.8 Å². The second kappa shape index (κ2) is 8.28. The van der Waals surface area contributed by atoms with Crippen LogP contribution in [0, 0.1) is 6.92 Å². The number of halogens is 1. The topological polar surface area (TPSA) is 114 Å². The molecule has 154 valence electrons. The largest absolute Gasteiger partial charge is 0.451 e. The van der Waals surface area contributed by atoms with Gasteiger partial charge in [-0.05, 0) is 38.5 Å². The highest BCUT2D eigenvalue weighted by Crippen LogP contribution is 2.30. The molecule has 1 aromatic carbocycles. The normalized spacial score (nSPS) is 11.2. The van der Waals surface area contributed by atoms with Gasteiger partial charge in [-0.1, -0.05) is 29.3 Å². The van der Waals surface area contributed by atoms with E-state index in [9.17, 15) is 14.4 Å². The fourth-order valence-corrected chi connectivity index (χ4v) is 3.66.